The van der Waals surface area contributed by atoms with Crippen LogP contribution in [0.4, 0.5) is 0 Å². The third-order valence-electron chi connectivity index (χ3n) is 3.71. The van der Waals surface area contributed by atoms with Crippen molar-refractivity contribution in [2.45, 2.75) is 31.8 Å². The van der Waals surface area contributed by atoms with Gasteiger partial charge in [-0.05, 0) is 37.6 Å². The Hall–Kier alpha value is -1.46. The number of nitrogens with one attached hydrogen (secondary N) is 2. The molecular formula is C15H24N4O. The van der Waals surface area contributed by atoms with Gasteiger partial charge in [-0.25, -0.2) is 0 Å². The zero-order chi connectivity index (χ0) is 14.2. The third-order valence-corrected chi connectivity index (χ3v) is 3.71. The van der Waals surface area contributed by atoms with Gasteiger partial charge in [0.1, 0.15) is 0 Å². The predicted molar refractivity (Wildman–Crippen MR) is 79.2 cm³/mol. The van der Waals surface area contributed by atoms with Gasteiger partial charge in [0, 0.05) is 51.0 Å². The van der Waals surface area contributed by atoms with Gasteiger partial charge in [-0.2, -0.15) is 0 Å². The average molecular weight is 276 g/mol. The first kappa shape index (κ1) is 14.9. The lowest BCUT2D eigenvalue weighted by molar-refractivity contribution is -0.122. The van der Waals surface area contributed by atoms with E-state index in [1.807, 2.05) is 19.4 Å². The molecule has 0 aliphatic carbocycles. The number of hydrogen-bond acceptors (Lipinski definition) is 4. The molecule has 5 heteroatoms. The standard InChI is InChI=1S/C15H24N4O/c1-16-7-4-15(20)18-14-5-10-19(11-6-14)12-13-2-8-17-9-3-13/h2-3,8-9,14,16H,4-7,10-12H2,1H3,(H,18,20). The Morgan fingerprint density at radius 3 is 2.70 bits per heavy atom. The maximum Gasteiger partial charge on any atom is 0.221 e. The highest BCUT2D eigenvalue weighted by atomic mass is 16.1. The number of nitrogens with zero attached hydrogens (tertiary/aromatic N) is 2. The van der Waals surface area contributed by atoms with Crippen LogP contribution in [-0.4, -0.2) is 48.5 Å². The molecule has 110 valence electrons. The first-order chi connectivity index (χ1) is 9.78. The minimum Gasteiger partial charge on any atom is -0.353 e. The first-order valence-corrected chi connectivity index (χ1v) is 7.33. The molecule has 2 N–H and O–H groups in total. The van der Waals surface area contributed by atoms with E-state index in [2.05, 4.69) is 32.7 Å². The third kappa shape index (κ3) is 4.90. The Balaban J connectivity index is 1.68. The molecular weight excluding hydrogens is 252 g/mol. The van der Waals surface area contributed by atoms with Crippen LogP contribution < -0.4 is 10.6 Å². The van der Waals surface area contributed by atoms with E-state index in [-0.39, 0.29) is 5.91 Å². The number of carbonyl (C=O) groups excluding carboxylic acids is 1. The summed E-state index contributed by atoms with van der Waals surface area (Å²) in [6, 6.07) is 4.46. The van der Waals surface area contributed by atoms with Crippen LogP contribution in [0, 0.1) is 0 Å². The van der Waals surface area contributed by atoms with E-state index in [1.165, 1.54) is 5.56 Å². The number of carbonyl (C=O) groups is 1. The summed E-state index contributed by atoms with van der Waals surface area (Å²) < 4.78 is 0. The summed E-state index contributed by atoms with van der Waals surface area (Å²) in [5, 5.41) is 6.12. The van der Waals surface area contributed by atoms with E-state index >= 15 is 0 Å². The Morgan fingerprint density at radius 1 is 1.35 bits per heavy atom. The number of rotatable bonds is 6. The number of likely N-dealkylation sites (tertiary alicyclic amines) is 1. The summed E-state index contributed by atoms with van der Waals surface area (Å²) in [5.41, 5.74) is 1.30. The first-order valence-electron chi connectivity index (χ1n) is 7.33. The molecule has 1 aromatic rings. The largest absolute Gasteiger partial charge is 0.353 e. The maximum atomic E-state index is 11.7. The van der Waals surface area contributed by atoms with Crippen LogP contribution in [0.3, 0.4) is 0 Å². The van der Waals surface area contributed by atoms with Gasteiger partial charge >= 0.3 is 0 Å². The molecule has 0 saturated carbocycles. The van der Waals surface area contributed by atoms with E-state index in [4.69, 9.17) is 0 Å². The van der Waals surface area contributed by atoms with Gasteiger partial charge in [-0.15, -0.1) is 0 Å². The molecule has 0 radical (unpaired) electrons. The number of amides is 1. The van der Waals surface area contributed by atoms with Gasteiger partial charge in [0.25, 0.3) is 0 Å². The number of piperidine rings is 1. The normalized spacial score (nSPS) is 17.1. The molecule has 20 heavy (non-hydrogen) atoms. The van der Waals surface area contributed by atoms with E-state index in [1.54, 1.807) is 0 Å². The van der Waals surface area contributed by atoms with Crippen LogP contribution in [0.5, 0.6) is 0 Å². The van der Waals surface area contributed by atoms with Crippen molar-refractivity contribution in [2.24, 2.45) is 0 Å². The quantitative estimate of drug-likeness (QED) is 0.806. The summed E-state index contributed by atoms with van der Waals surface area (Å²) in [5.74, 6) is 0.159. The summed E-state index contributed by atoms with van der Waals surface area (Å²) >= 11 is 0. The van der Waals surface area contributed by atoms with E-state index in [9.17, 15) is 4.79 Å². The zero-order valence-electron chi connectivity index (χ0n) is 12.1. The van der Waals surface area contributed by atoms with Crippen molar-refractivity contribution < 1.29 is 4.79 Å². The molecule has 1 saturated heterocycles. The Labute approximate surface area is 120 Å². The molecule has 0 spiro atoms. The second-order valence-corrected chi connectivity index (χ2v) is 5.33. The van der Waals surface area contributed by atoms with Crippen molar-refractivity contribution in [3.8, 4) is 0 Å². The highest BCUT2D eigenvalue weighted by Crippen LogP contribution is 2.13. The number of hydrogen-bond donors (Lipinski definition) is 2. The molecule has 5 nitrogen and oxygen atoms in total. The van der Waals surface area contributed by atoms with Gasteiger partial charge in [0.15, 0.2) is 0 Å². The highest BCUT2D eigenvalue weighted by Gasteiger charge is 2.20. The van der Waals surface area contributed by atoms with Crippen LogP contribution in [0.2, 0.25) is 0 Å². The maximum absolute atomic E-state index is 11.7. The Kier molecular flexibility index (Phi) is 5.95. The van der Waals surface area contributed by atoms with Crippen LogP contribution in [0.25, 0.3) is 0 Å². The summed E-state index contributed by atoms with van der Waals surface area (Å²) in [7, 11) is 1.87. The molecule has 2 rings (SSSR count). The summed E-state index contributed by atoms with van der Waals surface area (Å²) in [6.45, 7) is 3.80. The predicted octanol–water partition coefficient (Wildman–Crippen LogP) is 0.772. The van der Waals surface area contributed by atoms with Crippen molar-refractivity contribution in [3.05, 3.63) is 30.1 Å². The van der Waals surface area contributed by atoms with Crippen LogP contribution in [0.15, 0.2) is 24.5 Å². The van der Waals surface area contributed by atoms with Crippen molar-refractivity contribution in [1.29, 1.82) is 0 Å². The lowest BCUT2D eigenvalue weighted by Gasteiger charge is -2.32. The molecule has 2 heterocycles. The molecule has 1 aromatic heterocycles. The van der Waals surface area contributed by atoms with E-state index in [0.717, 1.165) is 39.0 Å². The summed E-state index contributed by atoms with van der Waals surface area (Å²) in [4.78, 5) is 18.1. The smallest absolute Gasteiger partial charge is 0.221 e. The summed E-state index contributed by atoms with van der Waals surface area (Å²) in [6.07, 6.45) is 6.31. The SMILES string of the molecule is CNCCC(=O)NC1CCN(Cc2ccncc2)CC1. The van der Waals surface area contributed by atoms with Gasteiger partial charge in [-0.1, -0.05) is 0 Å². The van der Waals surface area contributed by atoms with Crippen LogP contribution >= 0.6 is 0 Å². The fraction of sp³-hybridized carbons (Fsp3) is 0.600. The Bertz CT molecular complexity index is 402. The van der Waals surface area contributed by atoms with Gasteiger partial charge in [0.05, 0.1) is 0 Å². The van der Waals surface area contributed by atoms with Crippen molar-refractivity contribution in [1.82, 2.24) is 20.5 Å². The minimum atomic E-state index is 0.159. The van der Waals surface area contributed by atoms with E-state index in [0.29, 0.717) is 12.5 Å². The average Bonchev–Trinajstić information content (AvgIpc) is 2.48. The second kappa shape index (κ2) is 7.97. The molecule has 0 bridgehead atoms. The van der Waals surface area contributed by atoms with Crippen LogP contribution in [-0.2, 0) is 11.3 Å². The molecule has 0 aromatic carbocycles. The molecule has 1 fully saturated rings. The molecule has 1 amide bonds. The van der Waals surface area contributed by atoms with Crippen LogP contribution in [0.1, 0.15) is 24.8 Å². The molecule has 0 unspecified atom stereocenters. The lowest BCUT2D eigenvalue weighted by atomic mass is 10.0. The van der Waals surface area contributed by atoms with Gasteiger partial charge in [-0.3, -0.25) is 14.7 Å². The fourth-order valence-corrected chi connectivity index (χ4v) is 2.52. The van der Waals surface area contributed by atoms with Gasteiger partial charge in [0.2, 0.25) is 5.91 Å². The lowest BCUT2D eigenvalue weighted by Crippen LogP contribution is -2.44. The Morgan fingerprint density at radius 2 is 2.05 bits per heavy atom. The number of pyridine rings is 1. The van der Waals surface area contributed by atoms with Gasteiger partial charge < -0.3 is 10.6 Å². The van der Waals surface area contributed by atoms with Crippen molar-refractivity contribution in [2.75, 3.05) is 26.7 Å². The highest BCUT2D eigenvalue weighted by molar-refractivity contribution is 5.76. The minimum absolute atomic E-state index is 0.159. The zero-order valence-corrected chi connectivity index (χ0v) is 12.1. The topological polar surface area (TPSA) is 57.3 Å². The van der Waals surface area contributed by atoms with Crippen molar-refractivity contribution in [3.63, 3.8) is 0 Å². The molecule has 0 atom stereocenters. The molecule has 1 aliphatic rings. The molecule has 1 aliphatic heterocycles. The number of aromatic nitrogens is 1. The van der Waals surface area contributed by atoms with Crippen molar-refractivity contribution >= 4 is 5.91 Å². The second-order valence-electron chi connectivity index (χ2n) is 5.33. The monoisotopic (exact) mass is 276 g/mol. The van der Waals surface area contributed by atoms with E-state index < -0.39 is 0 Å². The fourth-order valence-electron chi connectivity index (χ4n) is 2.52.